The van der Waals surface area contributed by atoms with Gasteiger partial charge in [0.05, 0.1) is 11.7 Å². The first kappa shape index (κ1) is 16.0. The number of hydrogen-bond acceptors (Lipinski definition) is 3. The summed E-state index contributed by atoms with van der Waals surface area (Å²) in [5.41, 5.74) is 0.693. The molecule has 0 aliphatic carbocycles. The van der Waals surface area contributed by atoms with Crippen LogP contribution in [0.2, 0.25) is 0 Å². The summed E-state index contributed by atoms with van der Waals surface area (Å²) in [5.74, 6) is 0. The summed E-state index contributed by atoms with van der Waals surface area (Å²) in [6.07, 6.45) is -5.00. The van der Waals surface area contributed by atoms with E-state index in [1.54, 1.807) is 13.0 Å². The van der Waals surface area contributed by atoms with Crippen LogP contribution in [0.1, 0.15) is 35.8 Å². The van der Waals surface area contributed by atoms with Crippen LogP contribution >= 0.6 is 11.3 Å². The Balaban J connectivity index is 1.99. The Morgan fingerprint density at radius 1 is 1.24 bits per heavy atom. The molecule has 1 aromatic heterocycles. The third-order valence-electron chi connectivity index (χ3n) is 3.26. The molecule has 114 valence electrons. The van der Waals surface area contributed by atoms with Crippen LogP contribution in [0.3, 0.4) is 0 Å². The first-order valence-electron chi connectivity index (χ1n) is 6.48. The Morgan fingerprint density at radius 3 is 2.62 bits per heavy atom. The number of hydrogen-bond donors (Lipinski definition) is 2. The van der Waals surface area contributed by atoms with Gasteiger partial charge in [0.25, 0.3) is 0 Å². The minimum atomic E-state index is -4.34. The summed E-state index contributed by atoms with van der Waals surface area (Å²) in [5, 5.41) is 16.7. The summed E-state index contributed by atoms with van der Waals surface area (Å²) in [4.78, 5) is 0. The number of aliphatic hydroxyl groups excluding tert-OH is 1. The molecule has 2 unspecified atom stereocenters. The molecule has 2 atom stereocenters. The van der Waals surface area contributed by atoms with Crippen molar-refractivity contribution in [3.8, 4) is 0 Å². The minimum Gasteiger partial charge on any atom is -0.387 e. The van der Waals surface area contributed by atoms with Crippen molar-refractivity contribution in [3.05, 3.63) is 57.8 Å². The van der Waals surface area contributed by atoms with E-state index in [9.17, 15) is 18.3 Å². The Hall–Kier alpha value is -1.37. The van der Waals surface area contributed by atoms with Gasteiger partial charge in [-0.3, -0.25) is 0 Å². The van der Waals surface area contributed by atoms with E-state index in [1.807, 2.05) is 16.8 Å². The van der Waals surface area contributed by atoms with Gasteiger partial charge in [-0.25, -0.2) is 0 Å². The highest BCUT2D eigenvalue weighted by atomic mass is 32.1. The Kier molecular flexibility index (Phi) is 5.03. The van der Waals surface area contributed by atoms with Gasteiger partial charge in [-0.1, -0.05) is 12.1 Å². The van der Waals surface area contributed by atoms with Gasteiger partial charge in [0.1, 0.15) is 0 Å². The molecule has 2 N–H and O–H groups in total. The van der Waals surface area contributed by atoms with Gasteiger partial charge < -0.3 is 10.4 Å². The highest BCUT2D eigenvalue weighted by Gasteiger charge is 2.30. The standard InChI is InChI=1S/C15H16F3NOS/c1-10(19-8-14(20)12-5-6-21-9-12)11-3-2-4-13(7-11)15(16,17)18/h2-7,9-10,14,19-20H,8H2,1H3. The zero-order valence-electron chi connectivity index (χ0n) is 11.4. The average molecular weight is 315 g/mol. The van der Waals surface area contributed by atoms with Crippen molar-refractivity contribution in [2.45, 2.75) is 25.2 Å². The van der Waals surface area contributed by atoms with E-state index >= 15 is 0 Å². The molecule has 6 heteroatoms. The fourth-order valence-corrected chi connectivity index (χ4v) is 2.68. The Morgan fingerprint density at radius 2 is 2.00 bits per heavy atom. The van der Waals surface area contributed by atoms with E-state index in [0.717, 1.165) is 17.7 Å². The number of benzene rings is 1. The lowest BCUT2D eigenvalue weighted by Crippen LogP contribution is -2.24. The number of thiophene rings is 1. The van der Waals surface area contributed by atoms with Crippen LogP contribution in [-0.2, 0) is 6.18 Å². The fraction of sp³-hybridized carbons (Fsp3) is 0.333. The molecule has 0 amide bonds. The fourth-order valence-electron chi connectivity index (χ4n) is 1.97. The van der Waals surface area contributed by atoms with Crippen LogP contribution in [0.15, 0.2) is 41.1 Å². The van der Waals surface area contributed by atoms with Gasteiger partial charge in [-0.2, -0.15) is 24.5 Å². The molecule has 0 bridgehead atoms. The second-order valence-electron chi connectivity index (χ2n) is 4.83. The van der Waals surface area contributed by atoms with Gasteiger partial charge in [-0.15, -0.1) is 0 Å². The molecule has 0 fully saturated rings. The van der Waals surface area contributed by atoms with Gasteiger partial charge in [0.2, 0.25) is 0 Å². The molecule has 0 saturated carbocycles. The van der Waals surface area contributed by atoms with Crippen molar-refractivity contribution in [3.63, 3.8) is 0 Å². The Bertz CT molecular complexity index is 569. The predicted octanol–water partition coefficient (Wildman–Crippen LogP) is 4.15. The molecule has 0 aliphatic heterocycles. The largest absolute Gasteiger partial charge is 0.416 e. The van der Waals surface area contributed by atoms with Crippen molar-refractivity contribution in [2.75, 3.05) is 6.54 Å². The van der Waals surface area contributed by atoms with E-state index in [-0.39, 0.29) is 12.6 Å². The third kappa shape index (κ3) is 4.30. The van der Waals surface area contributed by atoms with E-state index in [0.29, 0.717) is 5.56 Å². The van der Waals surface area contributed by atoms with Crippen molar-refractivity contribution in [1.29, 1.82) is 0 Å². The van der Waals surface area contributed by atoms with E-state index in [2.05, 4.69) is 5.32 Å². The Labute approximate surface area is 125 Å². The zero-order chi connectivity index (χ0) is 15.5. The molecule has 2 nitrogen and oxygen atoms in total. The van der Waals surface area contributed by atoms with Crippen LogP contribution < -0.4 is 5.32 Å². The molecule has 2 aromatic rings. The smallest absolute Gasteiger partial charge is 0.387 e. The van der Waals surface area contributed by atoms with Crippen molar-refractivity contribution >= 4 is 11.3 Å². The lowest BCUT2D eigenvalue weighted by atomic mass is 10.0. The van der Waals surface area contributed by atoms with Gasteiger partial charge >= 0.3 is 6.18 Å². The van der Waals surface area contributed by atoms with E-state index in [1.165, 1.54) is 17.4 Å². The quantitative estimate of drug-likeness (QED) is 0.869. The van der Waals surface area contributed by atoms with Crippen LogP contribution in [0.5, 0.6) is 0 Å². The van der Waals surface area contributed by atoms with Crippen LogP contribution in [0, 0.1) is 0 Å². The maximum Gasteiger partial charge on any atom is 0.416 e. The van der Waals surface area contributed by atoms with Gasteiger partial charge in [0.15, 0.2) is 0 Å². The topological polar surface area (TPSA) is 32.3 Å². The number of halogens is 3. The number of alkyl halides is 3. The average Bonchev–Trinajstić information content (AvgIpc) is 2.98. The normalized spacial score (nSPS) is 14.9. The highest BCUT2D eigenvalue weighted by molar-refractivity contribution is 7.07. The van der Waals surface area contributed by atoms with Crippen LogP contribution in [0.25, 0.3) is 0 Å². The zero-order valence-corrected chi connectivity index (χ0v) is 12.2. The number of nitrogens with one attached hydrogen (secondary N) is 1. The molecule has 0 saturated heterocycles. The van der Waals surface area contributed by atoms with Crippen molar-refractivity contribution in [1.82, 2.24) is 5.32 Å². The van der Waals surface area contributed by atoms with Crippen LogP contribution in [0.4, 0.5) is 13.2 Å². The van der Waals surface area contributed by atoms with Gasteiger partial charge in [-0.05, 0) is 47.0 Å². The molecular formula is C15H16F3NOS. The first-order chi connectivity index (χ1) is 9.88. The molecule has 21 heavy (non-hydrogen) atoms. The molecule has 1 heterocycles. The predicted molar refractivity (Wildman–Crippen MR) is 77.1 cm³/mol. The molecule has 1 aromatic carbocycles. The van der Waals surface area contributed by atoms with E-state index < -0.39 is 17.8 Å². The molecule has 2 rings (SSSR count). The minimum absolute atomic E-state index is 0.277. The van der Waals surface area contributed by atoms with Crippen LogP contribution in [-0.4, -0.2) is 11.7 Å². The maximum atomic E-state index is 12.7. The van der Waals surface area contributed by atoms with Crippen molar-refractivity contribution in [2.24, 2.45) is 0 Å². The second-order valence-corrected chi connectivity index (χ2v) is 5.61. The molecule has 0 aliphatic rings. The summed E-state index contributed by atoms with van der Waals surface area (Å²) < 4.78 is 38.0. The van der Waals surface area contributed by atoms with E-state index in [4.69, 9.17) is 0 Å². The third-order valence-corrected chi connectivity index (χ3v) is 3.96. The number of rotatable bonds is 5. The summed E-state index contributed by atoms with van der Waals surface area (Å²) in [6, 6.07) is 6.77. The lowest BCUT2D eigenvalue weighted by molar-refractivity contribution is -0.137. The second kappa shape index (κ2) is 6.60. The SMILES string of the molecule is CC(NCC(O)c1ccsc1)c1cccc(C(F)(F)F)c1. The molecule has 0 radical (unpaired) electrons. The van der Waals surface area contributed by atoms with Crippen molar-refractivity contribution < 1.29 is 18.3 Å². The summed E-state index contributed by atoms with van der Waals surface area (Å²) in [6.45, 7) is 2.06. The summed E-state index contributed by atoms with van der Waals surface area (Å²) in [7, 11) is 0. The molecule has 0 spiro atoms. The summed E-state index contributed by atoms with van der Waals surface area (Å²) >= 11 is 1.49. The lowest BCUT2D eigenvalue weighted by Gasteiger charge is -2.18. The highest BCUT2D eigenvalue weighted by Crippen LogP contribution is 2.30. The monoisotopic (exact) mass is 315 g/mol. The molecular weight excluding hydrogens is 299 g/mol. The first-order valence-corrected chi connectivity index (χ1v) is 7.43. The van der Waals surface area contributed by atoms with Gasteiger partial charge in [0, 0.05) is 12.6 Å². The maximum absolute atomic E-state index is 12.7. The number of aliphatic hydroxyl groups is 1.